The Morgan fingerprint density at radius 3 is 2.75 bits per heavy atom. The molecule has 28 heavy (non-hydrogen) atoms. The summed E-state index contributed by atoms with van der Waals surface area (Å²) >= 11 is 0. The maximum Gasteiger partial charge on any atom is 0.325 e. The standard InChI is InChI=1S/C19H15N3O6/c20-8-12-2-1-3-14(6-12)22-17(23)10-26-18(24)9-21-19(25)13-4-5-15-16(7-13)28-11-27-15/h1-7H,9-11H2,(H,21,25)(H,22,23). The Hall–Kier alpha value is -4.06. The van der Waals surface area contributed by atoms with E-state index >= 15 is 0 Å². The zero-order valence-corrected chi connectivity index (χ0v) is 14.6. The lowest BCUT2D eigenvalue weighted by Gasteiger charge is -2.08. The van der Waals surface area contributed by atoms with E-state index in [1.54, 1.807) is 24.3 Å². The fourth-order valence-electron chi connectivity index (χ4n) is 2.35. The molecule has 9 nitrogen and oxygen atoms in total. The number of rotatable bonds is 6. The monoisotopic (exact) mass is 381 g/mol. The molecule has 2 N–H and O–H groups in total. The molecule has 142 valence electrons. The molecule has 0 atom stereocenters. The summed E-state index contributed by atoms with van der Waals surface area (Å²) in [5.74, 6) is -0.830. The van der Waals surface area contributed by atoms with Crippen LogP contribution < -0.4 is 20.1 Å². The van der Waals surface area contributed by atoms with Crippen LogP contribution in [0.25, 0.3) is 0 Å². The second-order valence-electron chi connectivity index (χ2n) is 5.65. The molecule has 0 fully saturated rings. The minimum absolute atomic E-state index is 0.0929. The van der Waals surface area contributed by atoms with E-state index in [2.05, 4.69) is 10.6 Å². The van der Waals surface area contributed by atoms with Crippen molar-refractivity contribution in [2.24, 2.45) is 0 Å². The average molecular weight is 381 g/mol. The summed E-state index contributed by atoms with van der Waals surface area (Å²) in [5.41, 5.74) is 1.10. The number of ether oxygens (including phenoxy) is 3. The van der Waals surface area contributed by atoms with Gasteiger partial charge in [-0.2, -0.15) is 5.26 Å². The van der Waals surface area contributed by atoms with E-state index in [1.165, 1.54) is 18.2 Å². The van der Waals surface area contributed by atoms with E-state index < -0.39 is 30.9 Å². The van der Waals surface area contributed by atoms with Crippen LogP contribution in [0.1, 0.15) is 15.9 Å². The predicted molar refractivity (Wildman–Crippen MR) is 95.6 cm³/mol. The van der Waals surface area contributed by atoms with Crippen LogP contribution in [-0.2, 0) is 14.3 Å². The van der Waals surface area contributed by atoms with Gasteiger partial charge in [0.05, 0.1) is 11.6 Å². The van der Waals surface area contributed by atoms with Crippen LogP contribution in [0, 0.1) is 11.3 Å². The molecule has 9 heteroatoms. The van der Waals surface area contributed by atoms with Crippen LogP contribution in [0.5, 0.6) is 11.5 Å². The number of amides is 2. The summed E-state index contributed by atoms with van der Waals surface area (Å²) in [6.07, 6.45) is 0. The summed E-state index contributed by atoms with van der Waals surface area (Å²) in [5, 5.41) is 13.7. The molecular weight excluding hydrogens is 366 g/mol. The van der Waals surface area contributed by atoms with Gasteiger partial charge in [-0.05, 0) is 36.4 Å². The van der Waals surface area contributed by atoms with Crippen molar-refractivity contribution in [3.05, 3.63) is 53.6 Å². The van der Waals surface area contributed by atoms with E-state index in [4.69, 9.17) is 19.5 Å². The van der Waals surface area contributed by atoms with Gasteiger partial charge in [0.15, 0.2) is 18.1 Å². The van der Waals surface area contributed by atoms with Crippen molar-refractivity contribution in [2.75, 3.05) is 25.3 Å². The normalized spacial score (nSPS) is 11.2. The first kappa shape index (κ1) is 18.7. The highest BCUT2D eigenvalue weighted by Gasteiger charge is 2.17. The van der Waals surface area contributed by atoms with Gasteiger partial charge < -0.3 is 24.8 Å². The van der Waals surface area contributed by atoms with Gasteiger partial charge >= 0.3 is 5.97 Å². The first-order valence-corrected chi connectivity index (χ1v) is 8.18. The summed E-state index contributed by atoms with van der Waals surface area (Å²) in [6, 6.07) is 12.9. The second kappa shape index (κ2) is 8.55. The Kier molecular flexibility index (Phi) is 5.72. The molecular formula is C19H15N3O6. The number of nitriles is 1. The van der Waals surface area contributed by atoms with Crippen molar-refractivity contribution >= 4 is 23.5 Å². The topological polar surface area (TPSA) is 127 Å². The number of fused-ring (bicyclic) bond motifs is 1. The molecule has 0 unspecified atom stereocenters. The second-order valence-corrected chi connectivity index (χ2v) is 5.65. The zero-order chi connectivity index (χ0) is 19.9. The molecule has 1 aliphatic heterocycles. The molecule has 0 bridgehead atoms. The molecule has 3 rings (SSSR count). The Bertz CT molecular complexity index is 966. The van der Waals surface area contributed by atoms with Gasteiger partial charge in [0.25, 0.3) is 11.8 Å². The van der Waals surface area contributed by atoms with Crippen molar-refractivity contribution in [2.45, 2.75) is 0 Å². The number of hydrogen-bond acceptors (Lipinski definition) is 7. The van der Waals surface area contributed by atoms with Gasteiger partial charge in [-0.15, -0.1) is 0 Å². The minimum atomic E-state index is -0.769. The van der Waals surface area contributed by atoms with Gasteiger partial charge in [-0.25, -0.2) is 0 Å². The summed E-state index contributed by atoms with van der Waals surface area (Å²) in [7, 11) is 0. The fraction of sp³-hybridized carbons (Fsp3) is 0.158. The van der Waals surface area contributed by atoms with E-state index in [0.717, 1.165) is 0 Å². The number of carbonyl (C=O) groups is 3. The van der Waals surface area contributed by atoms with E-state index in [0.29, 0.717) is 28.3 Å². The van der Waals surface area contributed by atoms with Crippen LogP contribution in [0.2, 0.25) is 0 Å². The van der Waals surface area contributed by atoms with Crippen molar-refractivity contribution in [3.8, 4) is 17.6 Å². The highest BCUT2D eigenvalue weighted by molar-refractivity contribution is 5.97. The van der Waals surface area contributed by atoms with Crippen molar-refractivity contribution in [3.63, 3.8) is 0 Å². The zero-order valence-electron chi connectivity index (χ0n) is 14.6. The fourth-order valence-corrected chi connectivity index (χ4v) is 2.35. The van der Waals surface area contributed by atoms with E-state index in [-0.39, 0.29) is 6.79 Å². The molecule has 0 aromatic heterocycles. The summed E-state index contributed by atoms with van der Waals surface area (Å²) < 4.78 is 15.2. The molecule has 1 heterocycles. The molecule has 0 saturated heterocycles. The van der Waals surface area contributed by atoms with Gasteiger partial charge in [-0.1, -0.05) is 6.07 Å². The molecule has 0 radical (unpaired) electrons. The molecule has 1 aliphatic rings. The lowest BCUT2D eigenvalue weighted by Crippen LogP contribution is -2.32. The largest absolute Gasteiger partial charge is 0.454 e. The molecule has 0 saturated carbocycles. The molecule has 2 aromatic carbocycles. The van der Waals surface area contributed by atoms with Crippen LogP contribution in [0.3, 0.4) is 0 Å². The number of nitrogens with one attached hydrogen (secondary N) is 2. The minimum Gasteiger partial charge on any atom is -0.454 e. The quantitative estimate of drug-likeness (QED) is 0.720. The third-order valence-corrected chi connectivity index (χ3v) is 3.67. The van der Waals surface area contributed by atoms with Crippen LogP contribution in [0.15, 0.2) is 42.5 Å². The van der Waals surface area contributed by atoms with Crippen LogP contribution in [-0.4, -0.2) is 37.7 Å². The van der Waals surface area contributed by atoms with Crippen molar-refractivity contribution in [1.82, 2.24) is 5.32 Å². The smallest absolute Gasteiger partial charge is 0.325 e. The highest BCUT2D eigenvalue weighted by Crippen LogP contribution is 2.32. The molecule has 2 aromatic rings. The lowest BCUT2D eigenvalue weighted by atomic mass is 10.2. The van der Waals surface area contributed by atoms with Gasteiger partial charge in [0.1, 0.15) is 6.54 Å². The third-order valence-electron chi connectivity index (χ3n) is 3.67. The third kappa shape index (κ3) is 4.76. The molecule has 0 aliphatic carbocycles. The number of benzene rings is 2. The Balaban J connectivity index is 1.42. The van der Waals surface area contributed by atoms with Gasteiger partial charge in [-0.3, -0.25) is 14.4 Å². The van der Waals surface area contributed by atoms with Crippen LogP contribution >= 0.6 is 0 Å². The Morgan fingerprint density at radius 1 is 1.11 bits per heavy atom. The SMILES string of the molecule is N#Cc1cccc(NC(=O)COC(=O)CNC(=O)c2ccc3c(c2)OCO3)c1. The number of esters is 1. The number of anilines is 1. The molecule has 2 amide bonds. The first-order chi connectivity index (χ1) is 13.5. The van der Waals surface area contributed by atoms with E-state index in [9.17, 15) is 14.4 Å². The van der Waals surface area contributed by atoms with E-state index in [1.807, 2.05) is 6.07 Å². The summed E-state index contributed by atoms with van der Waals surface area (Å²) in [4.78, 5) is 35.6. The van der Waals surface area contributed by atoms with Gasteiger partial charge in [0.2, 0.25) is 6.79 Å². The Morgan fingerprint density at radius 2 is 1.93 bits per heavy atom. The predicted octanol–water partition coefficient (Wildman–Crippen LogP) is 1.20. The maximum absolute atomic E-state index is 12.1. The number of carbonyl (C=O) groups excluding carboxylic acids is 3. The lowest BCUT2D eigenvalue weighted by molar-refractivity contribution is -0.146. The van der Waals surface area contributed by atoms with Crippen LogP contribution in [0.4, 0.5) is 5.69 Å². The van der Waals surface area contributed by atoms with Crippen molar-refractivity contribution in [1.29, 1.82) is 5.26 Å². The first-order valence-electron chi connectivity index (χ1n) is 8.18. The maximum atomic E-state index is 12.1. The number of hydrogen-bond donors (Lipinski definition) is 2. The summed E-state index contributed by atoms with van der Waals surface area (Å²) in [6.45, 7) is -0.824. The molecule has 0 spiro atoms. The van der Waals surface area contributed by atoms with Gasteiger partial charge in [0, 0.05) is 11.3 Å². The highest BCUT2D eigenvalue weighted by atomic mass is 16.7. The average Bonchev–Trinajstić information content (AvgIpc) is 3.18. The van der Waals surface area contributed by atoms with Crippen molar-refractivity contribution < 1.29 is 28.6 Å². The number of nitrogens with zero attached hydrogens (tertiary/aromatic N) is 1. The Labute approximate surface area is 159 Å².